The van der Waals surface area contributed by atoms with Gasteiger partial charge in [0.1, 0.15) is 12.4 Å². The van der Waals surface area contributed by atoms with Crippen molar-refractivity contribution in [1.82, 2.24) is 10.2 Å². The number of aryl methyl sites for hydroxylation is 1. The first-order chi connectivity index (χ1) is 15.9. The zero-order chi connectivity index (χ0) is 23.8. The number of nitrogens with one attached hydrogen (secondary N) is 1. The van der Waals surface area contributed by atoms with Crippen molar-refractivity contribution >= 4 is 23.4 Å². The van der Waals surface area contributed by atoms with Gasteiger partial charge in [-0.2, -0.15) is 0 Å². The van der Waals surface area contributed by atoms with Gasteiger partial charge in [-0.1, -0.05) is 42.4 Å². The van der Waals surface area contributed by atoms with Crippen molar-refractivity contribution in [2.45, 2.75) is 45.7 Å². The quantitative estimate of drug-likeness (QED) is 0.351. The van der Waals surface area contributed by atoms with Crippen molar-refractivity contribution in [3.05, 3.63) is 76.5 Å². The molecule has 3 rings (SSSR count). The minimum Gasteiger partial charge on any atom is -0.499 e. The van der Waals surface area contributed by atoms with Crippen molar-refractivity contribution in [2.24, 2.45) is 0 Å². The van der Waals surface area contributed by atoms with E-state index in [-0.39, 0.29) is 31.0 Å². The highest BCUT2D eigenvalue weighted by Gasteiger charge is 2.28. The summed E-state index contributed by atoms with van der Waals surface area (Å²) in [6, 6.07) is 13.8. The van der Waals surface area contributed by atoms with E-state index >= 15 is 0 Å². The first-order valence-electron chi connectivity index (χ1n) is 11.2. The molecule has 0 bridgehead atoms. The Kier molecular flexibility index (Phi) is 8.92. The molecule has 2 aromatic rings. The summed E-state index contributed by atoms with van der Waals surface area (Å²) >= 11 is 6.05. The molecule has 1 saturated heterocycles. The molecule has 2 aromatic carbocycles. The number of likely N-dealkylation sites (tertiary alicyclic amines) is 1. The predicted molar refractivity (Wildman–Crippen MR) is 129 cm³/mol. The number of carbonyl (C=O) groups excluding carboxylic acids is 2. The third-order valence-corrected chi connectivity index (χ3v) is 5.82. The molecule has 1 aliphatic rings. The van der Waals surface area contributed by atoms with Gasteiger partial charge in [0.2, 0.25) is 11.8 Å². The number of hydrogen-bond donors (Lipinski definition) is 1. The Labute approximate surface area is 200 Å². The molecular formula is C26H31ClN2O4. The highest BCUT2D eigenvalue weighted by molar-refractivity contribution is 6.30. The van der Waals surface area contributed by atoms with Gasteiger partial charge in [0.05, 0.1) is 18.9 Å². The molecule has 1 aliphatic heterocycles. The van der Waals surface area contributed by atoms with Gasteiger partial charge in [-0.05, 0) is 48.7 Å². The Bertz CT molecular complexity index is 974. The molecular weight excluding hydrogens is 440 g/mol. The van der Waals surface area contributed by atoms with Crippen LogP contribution in [0.4, 0.5) is 0 Å². The average Bonchev–Trinajstić information content (AvgIpc) is 3.11. The summed E-state index contributed by atoms with van der Waals surface area (Å²) in [5.41, 5.74) is 3.23. The van der Waals surface area contributed by atoms with Gasteiger partial charge < -0.3 is 14.8 Å². The minimum absolute atomic E-state index is 0.0353. The zero-order valence-electron chi connectivity index (χ0n) is 19.2. The average molecular weight is 471 g/mol. The van der Waals surface area contributed by atoms with Crippen LogP contribution in [0.25, 0.3) is 0 Å². The smallest absolute Gasteiger partial charge is 0.229 e. The van der Waals surface area contributed by atoms with E-state index in [2.05, 4.69) is 18.0 Å². The Hall–Kier alpha value is -2.83. The molecule has 0 aromatic heterocycles. The van der Waals surface area contributed by atoms with Crippen LogP contribution in [0.3, 0.4) is 0 Å². The second-order valence-corrected chi connectivity index (χ2v) is 8.48. The van der Waals surface area contributed by atoms with Crippen LogP contribution in [0.15, 0.2) is 54.8 Å². The number of carbonyl (C=O) groups is 2. The maximum atomic E-state index is 11.7. The second kappa shape index (κ2) is 11.9. The lowest BCUT2D eigenvalue weighted by atomic mass is 10.0. The lowest BCUT2D eigenvalue weighted by Crippen LogP contribution is -2.33. The molecule has 0 saturated carbocycles. The molecule has 2 amide bonds. The number of nitrogens with zero attached hydrogens (tertiary/aromatic N) is 1. The Morgan fingerprint density at radius 2 is 1.85 bits per heavy atom. The van der Waals surface area contributed by atoms with Gasteiger partial charge in [0.25, 0.3) is 0 Å². The lowest BCUT2D eigenvalue weighted by molar-refractivity contribution is -0.138. The molecule has 7 heteroatoms. The van der Waals surface area contributed by atoms with Gasteiger partial charge in [-0.25, -0.2) is 0 Å². The van der Waals surface area contributed by atoms with Gasteiger partial charge in [0, 0.05) is 36.9 Å². The summed E-state index contributed by atoms with van der Waals surface area (Å²) in [7, 11) is 0. The van der Waals surface area contributed by atoms with Crippen LogP contribution in [0.2, 0.25) is 5.02 Å². The van der Waals surface area contributed by atoms with Crippen LogP contribution < -0.4 is 10.1 Å². The zero-order valence-corrected chi connectivity index (χ0v) is 20.0. The molecule has 176 valence electrons. The largest absolute Gasteiger partial charge is 0.499 e. The minimum atomic E-state index is -0.121. The van der Waals surface area contributed by atoms with E-state index in [0.717, 1.165) is 28.2 Å². The number of amides is 2. The molecule has 1 N–H and O–H groups in total. The molecule has 1 unspecified atom stereocenters. The Morgan fingerprint density at radius 1 is 1.15 bits per heavy atom. The first-order valence-corrected chi connectivity index (χ1v) is 11.6. The van der Waals surface area contributed by atoms with E-state index in [9.17, 15) is 9.59 Å². The van der Waals surface area contributed by atoms with Crippen molar-refractivity contribution < 1.29 is 19.1 Å². The van der Waals surface area contributed by atoms with Crippen LogP contribution >= 0.6 is 11.6 Å². The van der Waals surface area contributed by atoms with Crippen LogP contribution in [-0.2, 0) is 20.9 Å². The first kappa shape index (κ1) is 24.8. The van der Waals surface area contributed by atoms with E-state index in [1.54, 1.807) is 0 Å². The summed E-state index contributed by atoms with van der Waals surface area (Å²) in [5, 5.41) is 4.29. The summed E-state index contributed by atoms with van der Waals surface area (Å²) in [6.45, 7) is 9.77. The number of rotatable bonds is 12. The standard InChI is InChI=1S/C26H31ClN2O4/c1-4-32-19(3)16-23(21-6-8-22(27)9-7-21)28-17-20-5-10-24(18(2)15-20)33-14-13-29-25(30)11-12-26(29)31/h5-10,15,23,28H,3-4,11-14,16-17H2,1-2H3. The number of imide groups is 1. The molecule has 33 heavy (non-hydrogen) atoms. The predicted octanol–water partition coefficient (Wildman–Crippen LogP) is 4.95. The number of benzene rings is 2. The number of halogens is 1. The number of hydrogen-bond acceptors (Lipinski definition) is 5. The maximum Gasteiger partial charge on any atom is 0.229 e. The van der Waals surface area contributed by atoms with Gasteiger partial charge in [0.15, 0.2) is 0 Å². The third-order valence-electron chi connectivity index (χ3n) is 5.57. The maximum absolute atomic E-state index is 11.7. The normalized spacial score (nSPS) is 14.5. The molecule has 0 spiro atoms. The molecule has 1 fully saturated rings. The van der Waals surface area contributed by atoms with E-state index in [1.807, 2.05) is 50.2 Å². The van der Waals surface area contributed by atoms with E-state index < -0.39 is 0 Å². The SMILES string of the molecule is C=C(CC(NCc1ccc(OCCN2C(=O)CCC2=O)c(C)c1)c1ccc(Cl)cc1)OCC. The third kappa shape index (κ3) is 7.07. The highest BCUT2D eigenvalue weighted by atomic mass is 35.5. The Morgan fingerprint density at radius 3 is 2.48 bits per heavy atom. The van der Waals surface area contributed by atoms with E-state index in [1.165, 1.54) is 4.90 Å². The van der Waals surface area contributed by atoms with Crippen molar-refractivity contribution in [2.75, 3.05) is 19.8 Å². The molecule has 1 atom stereocenters. The summed E-state index contributed by atoms with van der Waals surface area (Å²) in [4.78, 5) is 24.7. The molecule has 1 heterocycles. The molecule has 0 radical (unpaired) electrons. The van der Waals surface area contributed by atoms with Gasteiger partial charge in [-0.3, -0.25) is 14.5 Å². The van der Waals surface area contributed by atoms with Crippen LogP contribution in [-0.4, -0.2) is 36.5 Å². The van der Waals surface area contributed by atoms with Gasteiger partial charge >= 0.3 is 0 Å². The van der Waals surface area contributed by atoms with E-state index in [0.29, 0.717) is 37.4 Å². The second-order valence-electron chi connectivity index (χ2n) is 8.05. The number of ether oxygens (including phenoxy) is 2. The fourth-order valence-electron chi connectivity index (χ4n) is 3.84. The topological polar surface area (TPSA) is 67.9 Å². The fourth-order valence-corrected chi connectivity index (χ4v) is 3.96. The monoisotopic (exact) mass is 470 g/mol. The summed E-state index contributed by atoms with van der Waals surface area (Å²) in [5.74, 6) is 1.24. The lowest BCUT2D eigenvalue weighted by Gasteiger charge is -2.21. The fraction of sp³-hybridized carbons (Fsp3) is 0.385. The Balaban J connectivity index is 1.58. The van der Waals surface area contributed by atoms with Crippen LogP contribution in [0.1, 0.15) is 48.9 Å². The van der Waals surface area contributed by atoms with E-state index in [4.69, 9.17) is 21.1 Å². The van der Waals surface area contributed by atoms with Crippen LogP contribution in [0, 0.1) is 6.92 Å². The summed E-state index contributed by atoms with van der Waals surface area (Å²) in [6.07, 6.45) is 1.26. The summed E-state index contributed by atoms with van der Waals surface area (Å²) < 4.78 is 11.4. The highest BCUT2D eigenvalue weighted by Crippen LogP contribution is 2.25. The van der Waals surface area contributed by atoms with Crippen molar-refractivity contribution in [3.8, 4) is 5.75 Å². The van der Waals surface area contributed by atoms with Crippen molar-refractivity contribution in [1.29, 1.82) is 0 Å². The van der Waals surface area contributed by atoms with Crippen molar-refractivity contribution in [3.63, 3.8) is 0 Å². The van der Waals surface area contributed by atoms with Gasteiger partial charge in [-0.15, -0.1) is 0 Å². The molecule has 6 nitrogen and oxygen atoms in total. The van der Waals surface area contributed by atoms with Crippen LogP contribution in [0.5, 0.6) is 5.75 Å². The molecule has 0 aliphatic carbocycles.